The molecule has 0 spiro atoms. The van der Waals surface area contributed by atoms with Gasteiger partial charge in [0.05, 0.1) is 26.9 Å². The Morgan fingerprint density at radius 1 is 1.14 bits per heavy atom. The van der Waals surface area contributed by atoms with Gasteiger partial charge in [-0.1, -0.05) is 6.08 Å². The molecular formula is C19H21NO7S2. The number of hydrogen-bond acceptors (Lipinski definition) is 7. The number of sulfonamides is 1. The van der Waals surface area contributed by atoms with Crippen LogP contribution >= 0.6 is 11.3 Å². The number of benzene rings is 1. The standard InChI is InChI=1S/C19H21NO7S2/c1-25-13-10-14(26-2)17(15(11-13)27-3)12-4-7-20(8-5-12)29(23,24)16-6-9-28-18(16)19(21)22/h4,6,9-11H,5,7-8H2,1-3H3,(H,21,22). The highest BCUT2D eigenvalue weighted by molar-refractivity contribution is 7.89. The summed E-state index contributed by atoms with van der Waals surface area (Å²) in [5.74, 6) is 0.464. The molecule has 0 fully saturated rings. The minimum Gasteiger partial charge on any atom is -0.496 e. The Kier molecular flexibility index (Phi) is 6.15. The summed E-state index contributed by atoms with van der Waals surface area (Å²) in [4.78, 5) is 11.0. The minimum atomic E-state index is -3.91. The molecular weight excluding hydrogens is 418 g/mol. The number of carboxylic acids is 1. The number of carbonyl (C=O) groups is 1. The number of thiophene rings is 1. The van der Waals surface area contributed by atoms with Crippen LogP contribution in [-0.4, -0.2) is 58.2 Å². The third-order valence-corrected chi connectivity index (χ3v) is 7.59. The fraction of sp³-hybridized carbons (Fsp3) is 0.316. The van der Waals surface area contributed by atoms with E-state index in [4.69, 9.17) is 14.2 Å². The molecule has 2 aromatic rings. The summed E-state index contributed by atoms with van der Waals surface area (Å²) >= 11 is 0.894. The molecule has 0 radical (unpaired) electrons. The highest BCUT2D eigenvalue weighted by Crippen LogP contribution is 2.41. The first-order valence-corrected chi connectivity index (χ1v) is 11.0. The fourth-order valence-corrected chi connectivity index (χ4v) is 5.83. The van der Waals surface area contributed by atoms with Crippen molar-refractivity contribution in [3.05, 3.63) is 40.1 Å². The molecule has 156 valence electrons. The lowest BCUT2D eigenvalue weighted by molar-refractivity contribution is 0.0698. The normalized spacial score (nSPS) is 14.9. The lowest BCUT2D eigenvalue weighted by Crippen LogP contribution is -2.35. The Labute approximate surface area is 173 Å². The molecule has 1 N–H and O–H groups in total. The van der Waals surface area contributed by atoms with E-state index in [1.807, 2.05) is 0 Å². The highest BCUT2D eigenvalue weighted by atomic mass is 32.2. The molecule has 0 bridgehead atoms. The van der Waals surface area contributed by atoms with E-state index in [1.165, 1.54) is 15.8 Å². The molecule has 0 aliphatic carbocycles. The Bertz CT molecular complexity index is 1030. The van der Waals surface area contributed by atoms with Crippen molar-refractivity contribution in [1.82, 2.24) is 4.31 Å². The third kappa shape index (κ3) is 3.96. The molecule has 1 aromatic carbocycles. The minimum absolute atomic E-state index is 0.116. The maximum Gasteiger partial charge on any atom is 0.347 e. The van der Waals surface area contributed by atoms with E-state index in [9.17, 15) is 18.3 Å². The number of nitrogens with zero attached hydrogens (tertiary/aromatic N) is 1. The lowest BCUT2D eigenvalue weighted by atomic mass is 9.98. The van der Waals surface area contributed by atoms with Crippen LogP contribution in [0.4, 0.5) is 0 Å². The van der Waals surface area contributed by atoms with Crippen LogP contribution in [0.1, 0.15) is 21.7 Å². The van der Waals surface area contributed by atoms with Crippen molar-refractivity contribution in [3.8, 4) is 17.2 Å². The summed E-state index contributed by atoms with van der Waals surface area (Å²) in [6, 6.07) is 4.82. The maximum absolute atomic E-state index is 12.9. The number of methoxy groups -OCH3 is 3. The number of hydrogen-bond donors (Lipinski definition) is 1. The zero-order chi connectivity index (χ0) is 21.2. The number of carboxylic acid groups (broad SMARTS) is 1. The Hall–Kier alpha value is -2.56. The van der Waals surface area contributed by atoms with Crippen LogP contribution in [0, 0.1) is 0 Å². The number of rotatable bonds is 7. The molecule has 0 amide bonds. The van der Waals surface area contributed by atoms with Crippen LogP contribution in [0.3, 0.4) is 0 Å². The second-order valence-electron chi connectivity index (χ2n) is 6.17. The maximum atomic E-state index is 12.9. The summed E-state index contributed by atoms with van der Waals surface area (Å²) in [7, 11) is 0.729. The molecule has 0 saturated heterocycles. The van der Waals surface area contributed by atoms with Gasteiger partial charge in [-0.15, -0.1) is 11.3 Å². The van der Waals surface area contributed by atoms with E-state index in [1.54, 1.807) is 39.5 Å². The molecule has 1 aromatic heterocycles. The summed E-state index contributed by atoms with van der Waals surface area (Å²) in [6.45, 7) is 0.326. The molecule has 10 heteroatoms. The monoisotopic (exact) mass is 439 g/mol. The Morgan fingerprint density at radius 3 is 2.28 bits per heavy atom. The van der Waals surface area contributed by atoms with Crippen LogP contribution < -0.4 is 14.2 Å². The number of aromatic carboxylic acids is 1. The van der Waals surface area contributed by atoms with Crippen molar-refractivity contribution in [2.24, 2.45) is 0 Å². The summed E-state index contributed by atoms with van der Waals surface area (Å²) in [5, 5.41) is 10.7. The van der Waals surface area contributed by atoms with Crippen molar-refractivity contribution >= 4 is 32.9 Å². The summed E-state index contributed by atoms with van der Waals surface area (Å²) in [6.07, 6.45) is 2.21. The van der Waals surface area contributed by atoms with Crippen molar-refractivity contribution in [1.29, 1.82) is 0 Å². The second kappa shape index (κ2) is 8.44. The molecule has 1 aliphatic rings. The van der Waals surface area contributed by atoms with Gasteiger partial charge in [0.1, 0.15) is 27.0 Å². The first-order valence-electron chi connectivity index (χ1n) is 8.63. The van der Waals surface area contributed by atoms with Gasteiger partial charge in [0, 0.05) is 25.2 Å². The largest absolute Gasteiger partial charge is 0.496 e. The molecule has 8 nitrogen and oxygen atoms in total. The molecule has 0 unspecified atom stereocenters. The van der Waals surface area contributed by atoms with Crippen LogP contribution in [-0.2, 0) is 10.0 Å². The quantitative estimate of drug-likeness (QED) is 0.708. The second-order valence-corrected chi connectivity index (χ2v) is 8.99. The fourth-order valence-electron chi connectivity index (χ4n) is 3.21. The van der Waals surface area contributed by atoms with Crippen LogP contribution in [0.5, 0.6) is 17.2 Å². The van der Waals surface area contributed by atoms with Gasteiger partial charge in [0.15, 0.2) is 0 Å². The zero-order valence-electron chi connectivity index (χ0n) is 16.2. The first kappa shape index (κ1) is 21.2. The highest BCUT2D eigenvalue weighted by Gasteiger charge is 2.32. The topological polar surface area (TPSA) is 102 Å². The van der Waals surface area contributed by atoms with Gasteiger partial charge >= 0.3 is 5.97 Å². The van der Waals surface area contributed by atoms with E-state index in [2.05, 4.69) is 0 Å². The van der Waals surface area contributed by atoms with Crippen molar-refractivity contribution in [3.63, 3.8) is 0 Å². The van der Waals surface area contributed by atoms with Crippen molar-refractivity contribution in [2.75, 3.05) is 34.4 Å². The zero-order valence-corrected chi connectivity index (χ0v) is 17.8. The molecule has 2 heterocycles. The van der Waals surface area contributed by atoms with Gasteiger partial charge in [-0.2, -0.15) is 4.31 Å². The molecule has 0 atom stereocenters. The van der Waals surface area contributed by atoms with Gasteiger partial charge in [-0.3, -0.25) is 0 Å². The van der Waals surface area contributed by atoms with Crippen molar-refractivity contribution in [2.45, 2.75) is 11.3 Å². The predicted octanol–water partition coefficient (Wildman–Crippen LogP) is 2.95. The van der Waals surface area contributed by atoms with Crippen LogP contribution in [0.2, 0.25) is 0 Å². The van der Waals surface area contributed by atoms with E-state index < -0.39 is 16.0 Å². The third-order valence-electron chi connectivity index (χ3n) is 4.65. The SMILES string of the molecule is COc1cc(OC)c(C2=CCN(S(=O)(=O)c3ccsc3C(=O)O)CC2)c(OC)c1. The van der Waals surface area contributed by atoms with Gasteiger partial charge in [0.25, 0.3) is 0 Å². The van der Waals surface area contributed by atoms with Crippen molar-refractivity contribution < 1.29 is 32.5 Å². The summed E-state index contributed by atoms with van der Waals surface area (Å²) in [5.41, 5.74) is 1.63. The summed E-state index contributed by atoms with van der Waals surface area (Å²) < 4.78 is 43.3. The van der Waals surface area contributed by atoms with Gasteiger partial charge < -0.3 is 19.3 Å². The predicted molar refractivity (Wildman–Crippen MR) is 109 cm³/mol. The average molecular weight is 440 g/mol. The van der Waals surface area contributed by atoms with E-state index in [0.29, 0.717) is 23.7 Å². The van der Waals surface area contributed by atoms with Crippen LogP contribution in [0.15, 0.2) is 34.6 Å². The van der Waals surface area contributed by atoms with Gasteiger partial charge in [0.2, 0.25) is 10.0 Å². The van der Waals surface area contributed by atoms with E-state index >= 15 is 0 Å². The lowest BCUT2D eigenvalue weighted by Gasteiger charge is -2.27. The molecule has 29 heavy (non-hydrogen) atoms. The first-order chi connectivity index (χ1) is 13.8. The molecule has 3 rings (SSSR count). The smallest absolute Gasteiger partial charge is 0.347 e. The molecule has 1 aliphatic heterocycles. The van der Waals surface area contributed by atoms with Gasteiger partial charge in [-0.25, -0.2) is 13.2 Å². The Morgan fingerprint density at radius 2 is 1.79 bits per heavy atom. The van der Waals surface area contributed by atoms with E-state index in [-0.39, 0.29) is 22.9 Å². The van der Waals surface area contributed by atoms with Gasteiger partial charge in [-0.05, 0) is 23.4 Å². The number of ether oxygens (including phenoxy) is 3. The average Bonchev–Trinajstić information content (AvgIpc) is 3.24. The molecule has 0 saturated carbocycles. The Balaban J connectivity index is 1.94. The van der Waals surface area contributed by atoms with E-state index in [0.717, 1.165) is 22.5 Å². The van der Waals surface area contributed by atoms with Crippen LogP contribution in [0.25, 0.3) is 5.57 Å².